The fourth-order valence-corrected chi connectivity index (χ4v) is 5.05. The lowest BCUT2D eigenvalue weighted by molar-refractivity contribution is 0.0776. The molecule has 2 heterocycles. The molecule has 2 aromatic heterocycles. The Kier molecular flexibility index (Phi) is 7.28. The lowest BCUT2D eigenvalue weighted by Gasteiger charge is -2.19. The van der Waals surface area contributed by atoms with E-state index in [0.29, 0.717) is 39.2 Å². The molecule has 0 saturated heterocycles. The maximum Gasteiger partial charge on any atom is 0.272 e. The molecule has 4 rings (SSSR count). The largest absolute Gasteiger partial charge is 0.336 e. The number of thioether (sulfide) groups is 1. The molecule has 0 spiro atoms. The molecule has 0 N–H and O–H groups in total. The fourth-order valence-electron chi connectivity index (χ4n) is 3.74. The molecule has 0 radical (unpaired) electrons. The summed E-state index contributed by atoms with van der Waals surface area (Å²) in [5, 5.41) is 5.11. The molecular weight excluding hydrogens is 492 g/mol. The second-order valence-electron chi connectivity index (χ2n) is 8.26. The normalized spacial score (nSPS) is 11.2. The number of halogens is 3. The van der Waals surface area contributed by atoms with E-state index in [2.05, 4.69) is 10.1 Å². The number of aryl methyl sites for hydroxylation is 3. The van der Waals surface area contributed by atoms with Crippen LogP contribution in [0.2, 0.25) is 5.02 Å². The number of amides is 1. The molecule has 0 fully saturated rings. The minimum Gasteiger partial charge on any atom is -0.336 e. The summed E-state index contributed by atoms with van der Waals surface area (Å²) in [6.45, 7) is 3.93. The van der Waals surface area contributed by atoms with E-state index >= 15 is 0 Å². The van der Waals surface area contributed by atoms with Crippen molar-refractivity contribution in [3.8, 4) is 5.69 Å². The number of hydrogen-bond acceptors (Lipinski definition) is 4. The van der Waals surface area contributed by atoms with Gasteiger partial charge in [0.15, 0.2) is 5.16 Å². The topological polar surface area (TPSA) is 56.0 Å². The van der Waals surface area contributed by atoms with Crippen LogP contribution in [0.5, 0.6) is 0 Å². The number of carbonyl (C=O) groups excluding carboxylic acids is 1. The highest BCUT2D eigenvalue weighted by atomic mass is 35.5. The van der Waals surface area contributed by atoms with Crippen molar-refractivity contribution < 1.29 is 13.6 Å². The van der Waals surface area contributed by atoms with E-state index in [1.807, 2.05) is 20.2 Å². The van der Waals surface area contributed by atoms with E-state index < -0.39 is 5.82 Å². The van der Waals surface area contributed by atoms with Gasteiger partial charge in [-0.25, -0.2) is 13.8 Å². The summed E-state index contributed by atoms with van der Waals surface area (Å²) in [6.07, 6.45) is 3.35. The number of imidazole rings is 1. The quantitative estimate of drug-likeness (QED) is 0.295. The Hall–Kier alpha value is -3.17. The van der Waals surface area contributed by atoms with Crippen molar-refractivity contribution in [3.63, 3.8) is 0 Å². The van der Waals surface area contributed by atoms with E-state index in [4.69, 9.17) is 11.6 Å². The highest BCUT2D eigenvalue weighted by Crippen LogP contribution is 2.31. The molecule has 0 atom stereocenters. The van der Waals surface area contributed by atoms with Crippen LogP contribution in [-0.2, 0) is 19.3 Å². The van der Waals surface area contributed by atoms with E-state index in [1.54, 1.807) is 52.4 Å². The Balaban J connectivity index is 1.67. The van der Waals surface area contributed by atoms with Crippen molar-refractivity contribution in [2.24, 2.45) is 7.05 Å². The Morgan fingerprint density at radius 2 is 1.86 bits per heavy atom. The molecule has 0 unspecified atom stereocenters. The summed E-state index contributed by atoms with van der Waals surface area (Å²) >= 11 is 7.49. The van der Waals surface area contributed by atoms with Crippen LogP contribution >= 0.6 is 23.4 Å². The summed E-state index contributed by atoms with van der Waals surface area (Å²) in [7, 11) is 3.53. The third kappa shape index (κ3) is 5.26. The Morgan fingerprint density at radius 1 is 1.14 bits per heavy atom. The molecule has 6 nitrogen and oxygen atoms in total. The number of benzene rings is 2. The predicted molar refractivity (Wildman–Crippen MR) is 133 cm³/mol. The first kappa shape index (κ1) is 24.9. The Morgan fingerprint density at radius 3 is 2.51 bits per heavy atom. The van der Waals surface area contributed by atoms with Crippen LogP contribution in [0.4, 0.5) is 8.78 Å². The van der Waals surface area contributed by atoms with Gasteiger partial charge in [-0.15, -0.1) is 0 Å². The monoisotopic (exact) mass is 515 g/mol. The van der Waals surface area contributed by atoms with Gasteiger partial charge in [-0.05, 0) is 49.7 Å². The van der Waals surface area contributed by atoms with Gasteiger partial charge >= 0.3 is 0 Å². The van der Waals surface area contributed by atoms with E-state index in [9.17, 15) is 13.6 Å². The van der Waals surface area contributed by atoms with Crippen LogP contribution in [0.15, 0.2) is 53.9 Å². The minimum absolute atomic E-state index is 0.211. The second-order valence-corrected chi connectivity index (χ2v) is 9.61. The number of nitrogens with zero attached hydrogens (tertiary/aromatic N) is 5. The number of carbonyl (C=O) groups is 1. The standard InChI is InChI=1S/C25H24ClF2N5OS/c1-15-5-10-21(26)20(23(15)28)14-35-25-29-11-22(33(25)19-8-6-18(27)7-9-19)24(34)31(3)12-17-13-32(4)30-16(17)2/h5-11,13H,12,14H2,1-4H3. The van der Waals surface area contributed by atoms with Gasteiger partial charge in [0.05, 0.1) is 11.9 Å². The maximum atomic E-state index is 14.7. The van der Waals surface area contributed by atoms with Gasteiger partial charge in [0.2, 0.25) is 0 Å². The third-order valence-electron chi connectivity index (χ3n) is 5.63. The zero-order valence-corrected chi connectivity index (χ0v) is 21.3. The van der Waals surface area contributed by atoms with Crippen molar-refractivity contribution >= 4 is 29.3 Å². The first-order valence-corrected chi connectivity index (χ1v) is 12.2. The van der Waals surface area contributed by atoms with E-state index in [1.165, 1.54) is 30.1 Å². The lowest BCUT2D eigenvalue weighted by Crippen LogP contribution is -2.28. The van der Waals surface area contributed by atoms with Crippen molar-refractivity contribution in [2.45, 2.75) is 31.3 Å². The highest BCUT2D eigenvalue weighted by Gasteiger charge is 2.23. The average molecular weight is 516 g/mol. The number of aromatic nitrogens is 4. The molecule has 0 aliphatic rings. The summed E-state index contributed by atoms with van der Waals surface area (Å²) in [5.41, 5.74) is 3.50. The zero-order valence-electron chi connectivity index (χ0n) is 19.7. The van der Waals surface area contributed by atoms with Crippen molar-refractivity contribution in [1.29, 1.82) is 0 Å². The van der Waals surface area contributed by atoms with Crippen LogP contribution < -0.4 is 0 Å². The van der Waals surface area contributed by atoms with E-state index in [-0.39, 0.29) is 17.5 Å². The molecule has 0 bridgehead atoms. The molecule has 0 aliphatic carbocycles. The Bertz CT molecular complexity index is 1380. The van der Waals surface area contributed by atoms with Crippen LogP contribution in [-0.4, -0.2) is 37.2 Å². The zero-order chi connectivity index (χ0) is 25.3. The van der Waals surface area contributed by atoms with Gasteiger partial charge in [0.1, 0.15) is 17.3 Å². The third-order valence-corrected chi connectivity index (χ3v) is 6.96. The molecule has 1 amide bonds. The summed E-state index contributed by atoms with van der Waals surface area (Å²) < 4.78 is 31.7. The Labute approximate surface area is 211 Å². The molecule has 0 saturated carbocycles. The van der Waals surface area contributed by atoms with Crippen molar-refractivity contribution in [2.75, 3.05) is 7.05 Å². The molecule has 10 heteroatoms. The van der Waals surface area contributed by atoms with Gasteiger partial charge in [0.25, 0.3) is 5.91 Å². The fraction of sp³-hybridized carbons (Fsp3) is 0.240. The maximum absolute atomic E-state index is 14.7. The van der Waals surface area contributed by atoms with E-state index in [0.717, 1.165) is 11.3 Å². The van der Waals surface area contributed by atoms with Gasteiger partial charge in [-0.3, -0.25) is 14.0 Å². The number of hydrogen-bond donors (Lipinski definition) is 0. The van der Waals surface area contributed by atoms with Crippen LogP contribution in [0.1, 0.15) is 32.9 Å². The predicted octanol–water partition coefficient (Wildman–Crippen LogP) is 5.72. The van der Waals surface area contributed by atoms with Gasteiger partial charge < -0.3 is 4.90 Å². The van der Waals surface area contributed by atoms with Crippen LogP contribution in [0.3, 0.4) is 0 Å². The van der Waals surface area contributed by atoms with Crippen molar-refractivity contribution in [3.05, 3.63) is 93.5 Å². The van der Waals surface area contributed by atoms with Gasteiger partial charge in [-0.2, -0.15) is 5.10 Å². The first-order chi connectivity index (χ1) is 16.7. The average Bonchev–Trinajstić information content (AvgIpc) is 3.38. The lowest BCUT2D eigenvalue weighted by atomic mass is 10.1. The molecule has 4 aromatic rings. The van der Waals surface area contributed by atoms with Crippen LogP contribution in [0, 0.1) is 25.5 Å². The van der Waals surface area contributed by atoms with Crippen LogP contribution in [0.25, 0.3) is 5.69 Å². The molecule has 2 aromatic carbocycles. The molecule has 0 aliphatic heterocycles. The van der Waals surface area contributed by atoms with Gasteiger partial charge in [-0.1, -0.05) is 29.4 Å². The van der Waals surface area contributed by atoms with Gasteiger partial charge in [0, 0.05) is 54.4 Å². The summed E-state index contributed by atoms with van der Waals surface area (Å²) in [6, 6.07) is 9.07. The molecular formula is C25H24ClF2N5OS. The van der Waals surface area contributed by atoms with Crippen molar-refractivity contribution in [1.82, 2.24) is 24.2 Å². The minimum atomic E-state index is -0.395. The summed E-state index contributed by atoms with van der Waals surface area (Å²) in [4.78, 5) is 19.5. The highest BCUT2D eigenvalue weighted by molar-refractivity contribution is 7.98. The number of rotatable bonds is 7. The summed E-state index contributed by atoms with van der Waals surface area (Å²) in [5.74, 6) is -0.818. The molecule has 182 valence electrons. The first-order valence-electron chi connectivity index (χ1n) is 10.8. The molecule has 35 heavy (non-hydrogen) atoms. The SMILES string of the molecule is Cc1ccc(Cl)c(CSc2ncc(C(=O)N(C)Cc3cn(C)nc3C)n2-c2ccc(F)cc2)c1F. The smallest absolute Gasteiger partial charge is 0.272 e. The second kappa shape index (κ2) is 10.2.